The second-order valence-corrected chi connectivity index (χ2v) is 7.28. The van der Waals surface area contributed by atoms with Crippen molar-refractivity contribution < 1.29 is 31.1 Å². The third-order valence-electron chi connectivity index (χ3n) is 4.23. The van der Waals surface area contributed by atoms with Gasteiger partial charge in [0.05, 0.1) is 22.3 Å². The number of hydrogen-bond donors (Lipinski definition) is 1. The van der Waals surface area contributed by atoms with Crippen molar-refractivity contribution in [3.63, 3.8) is 0 Å². The van der Waals surface area contributed by atoms with Gasteiger partial charge < -0.3 is 5.32 Å². The molecule has 0 radical (unpaired) electrons. The lowest BCUT2D eigenvalue weighted by Crippen LogP contribution is -2.16. The van der Waals surface area contributed by atoms with E-state index in [1.807, 2.05) is 0 Å². The first-order valence-corrected chi connectivity index (χ1v) is 9.40. The van der Waals surface area contributed by atoms with Gasteiger partial charge in [0, 0.05) is 5.69 Å². The van der Waals surface area contributed by atoms with Gasteiger partial charge in [0.1, 0.15) is 5.56 Å². The highest BCUT2D eigenvalue weighted by molar-refractivity contribution is 7.13. The van der Waals surface area contributed by atoms with E-state index in [0.717, 1.165) is 41.8 Å². The van der Waals surface area contributed by atoms with Crippen LogP contribution in [0.2, 0.25) is 0 Å². The second-order valence-electron chi connectivity index (χ2n) is 6.33. The van der Waals surface area contributed by atoms with E-state index in [4.69, 9.17) is 0 Å². The first kappa shape index (κ1) is 20.8. The van der Waals surface area contributed by atoms with Gasteiger partial charge in [-0.3, -0.25) is 4.79 Å². The Balaban J connectivity index is 1.78. The second kappa shape index (κ2) is 7.38. The third-order valence-corrected chi connectivity index (χ3v) is 5.12. The predicted octanol–water partition coefficient (Wildman–Crippen LogP) is 5.75. The lowest BCUT2D eigenvalue weighted by atomic mass is 10.2. The van der Waals surface area contributed by atoms with Gasteiger partial charge in [-0.05, 0) is 35.7 Å². The average molecular weight is 456 g/mol. The molecule has 1 amide bonds. The van der Waals surface area contributed by atoms with Crippen molar-refractivity contribution in [3.8, 4) is 10.6 Å². The maximum Gasteiger partial charge on any atom is 0.433 e. The molecule has 0 saturated carbocycles. The van der Waals surface area contributed by atoms with E-state index in [2.05, 4.69) is 15.4 Å². The van der Waals surface area contributed by atoms with E-state index in [0.29, 0.717) is 9.39 Å². The van der Waals surface area contributed by atoms with Gasteiger partial charge in [0.25, 0.3) is 5.91 Å². The Morgan fingerprint density at radius 1 is 1.00 bits per heavy atom. The maximum atomic E-state index is 13.6. The Bertz CT molecular complexity index is 1260. The summed E-state index contributed by atoms with van der Waals surface area (Å²) < 4.78 is 79.8. The van der Waals surface area contributed by atoms with Crippen LogP contribution in [0.25, 0.3) is 16.2 Å². The zero-order valence-corrected chi connectivity index (χ0v) is 15.9. The summed E-state index contributed by atoms with van der Waals surface area (Å²) in [4.78, 5) is 17.2. The van der Waals surface area contributed by atoms with E-state index in [1.165, 1.54) is 6.07 Å². The summed E-state index contributed by atoms with van der Waals surface area (Å²) in [6.07, 6.45) is -8.52. The highest BCUT2D eigenvalue weighted by Crippen LogP contribution is 2.34. The van der Waals surface area contributed by atoms with Gasteiger partial charge in [0.15, 0.2) is 11.3 Å². The molecular weight excluding hydrogens is 446 g/mol. The molecule has 0 aliphatic heterocycles. The van der Waals surface area contributed by atoms with E-state index in [9.17, 15) is 31.1 Å². The number of nitrogens with zero attached hydrogens (tertiary/aromatic N) is 3. The Hall–Kier alpha value is -3.41. The number of nitrogens with one attached hydrogen (secondary N) is 1. The van der Waals surface area contributed by atoms with Crippen LogP contribution < -0.4 is 5.32 Å². The fraction of sp³-hybridized carbons (Fsp3) is 0.105. The van der Waals surface area contributed by atoms with Gasteiger partial charge >= 0.3 is 12.4 Å². The first-order valence-electron chi connectivity index (χ1n) is 8.52. The molecule has 0 saturated heterocycles. The summed E-state index contributed by atoms with van der Waals surface area (Å²) in [5.41, 5.74) is -3.00. The van der Waals surface area contributed by atoms with Crippen molar-refractivity contribution in [1.82, 2.24) is 14.6 Å². The molecular formula is C19H10F6N4OS. The summed E-state index contributed by atoms with van der Waals surface area (Å²) >= 11 is 1.16. The molecule has 1 aromatic carbocycles. The molecule has 0 aliphatic rings. The number of alkyl halides is 6. The van der Waals surface area contributed by atoms with Crippen LogP contribution in [0.5, 0.6) is 0 Å². The zero-order chi connectivity index (χ0) is 22.4. The molecule has 3 heterocycles. The standard InChI is InChI=1S/C19H10F6N4OS/c20-18(21,22)10-3-1-4-11(7-10)27-17(30)12-9-26-29-15(19(23,24)25)8-13(28-16(12)29)14-5-2-6-31-14/h1-9H,(H,27,30). The van der Waals surface area contributed by atoms with Gasteiger partial charge in [-0.15, -0.1) is 11.3 Å². The number of anilines is 1. The van der Waals surface area contributed by atoms with Crippen molar-refractivity contribution >= 4 is 28.6 Å². The molecule has 0 unspecified atom stereocenters. The lowest BCUT2D eigenvalue weighted by Gasteiger charge is -2.11. The highest BCUT2D eigenvalue weighted by Gasteiger charge is 2.36. The lowest BCUT2D eigenvalue weighted by molar-refractivity contribution is -0.142. The number of thiophene rings is 1. The smallest absolute Gasteiger partial charge is 0.322 e. The summed E-state index contributed by atoms with van der Waals surface area (Å²) in [5, 5.41) is 7.53. The number of rotatable bonds is 3. The fourth-order valence-electron chi connectivity index (χ4n) is 2.85. The van der Waals surface area contributed by atoms with Gasteiger partial charge in [0.2, 0.25) is 0 Å². The SMILES string of the molecule is O=C(Nc1cccc(C(F)(F)F)c1)c1cnn2c(C(F)(F)F)cc(-c3cccs3)nc12. The van der Waals surface area contributed by atoms with Crippen molar-refractivity contribution in [2.75, 3.05) is 5.32 Å². The highest BCUT2D eigenvalue weighted by atomic mass is 32.1. The van der Waals surface area contributed by atoms with Gasteiger partial charge in [-0.2, -0.15) is 31.4 Å². The summed E-state index contributed by atoms with van der Waals surface area (Å²) in [7, 11) is 0. The van der Waals surface area contributed by atoms with Crippen LogP contribution in [0.15, 0.2) is 54.0 Å². The maximum absolute atomic E-state index is 13.6. The molecule has 31 heavy (non-hydrogen) atoms. The Morgan fingerprint density at radius 3 is 2.42 bits per heavy atom. The van der Waals surface area contributed by atoms with Crippen LogP contribution in [0.4, 0.5) is 32.0 Å². The first-order chi connectivity index (χ1) is 14.5. The van der Waals surface area contributed by atoms with Crippen molar-refractivity contribution in [1.29, 1.82) is 0 Å². The molecule has 160 valence electrons. The van der Waals surface area contributed by atoms with E-state index < -0.39 is 29.5 Å². The van der Waals surface area contributed by atoms with E-state index >= 15 is 0 Å². The molecule has 5 nitrogen and oxygen atoms in total. The van der Waals surface area contributed by atoms with Crippen LogP contribution >= 0.6 is 11.3 Å². The van der Waals surface area contributed by atoms with Crippen LogP contribution in [0, 0.1) is 0 Å². The number of hydrogen-bond acceptors (Lipinski definition) is 4. The number of carbonyl (C=O) groups excluding carboxylic acids is 1. The molecule has 0 aliphatic carbocycles. The molecule has 0 bridgehead atoms. The zero-order valence-electron chi connectivity index (χ0n) is 15.1. The van der Waals surface area contributed by atoms with Crippen molar-refractivity contribution in [3.05, 3.63) is 70.9 Å². The molecule has 3 aromatic heterocycles. The number of aromatic nitrogens is 3. The minimum absolute atomic E-state index is 0.0107. The summed E-state index contributed by atoms with van der Waals surface area (Å²) in [6, 6.07) is 7.90. The summed E-state index contributed by atoms with van der Waals surface area (Å²) in [5.74, 6) is -0.946. The number of fused-ring (bicyclic) bond motifs is 1. The Kier molecular flexibility index (Phi) is 4.96. The van der Waals surface area contributed by atoms with Crippen molar-refractivity contribution in [2.24, 2.45) is 0 Å². The minimum atomic E-state index is -4.78. The fourth-order valence-corrected chi connectivity index (χ4v) is 3.53. The molecule has 0 atom stereocenters. The molecule has 4 rings (SSSR count). The molecule has 0 spiro atoms. The predicted molar refractivity (Wildman–Crippen MR) is 101 cm³/mol. The van der Waals surface area contributed by atoms with Crippen LogP contribution in [0.1, 0.15) is 21.6 Å². The molecule has 1 N–H and O–H groups in total. The minimum Gasteiger partial charge on any atom is -0.322 e. The van der Waals surface area contributed by atoms with E-state index in [-0.39, 0.29) is 22.6 Å². The monoisotopic (exact) mass is 456 g/mol. The van der Waals surface area contributed by atoms with Gasteiger partial charge in [-0.1, -0.05) is 12.1 Å². The molecule has 0 fully saturated rings. The normalized spacial score (nSPS) is 12.3. The number of carbonyl (C=O) groups is 1. The van der Waals surface area contributed by atoms with Crippen molar-refractivity contribution in [2.45, 2.75) is 12.4 Å². The third kappa shape index (κ3) is 4.10. The van der Waals surface area contributed by atoms with Gasteiger partial charge in [-0.25, -0.2) is 9.50 Å². The van der Waals surface area contributed by atoms with Crippen LogP contribution in [-0.2, 0) is 12.4 Å². The molecule has 4 aromatic rings. The largest absolute Gasteiger partial charge is 0.433 e. The van der Waals surface area contributed by atoms with Crippen LogP contribution in [-0.4, -0.2) is 20.5 Å². The van der Waals surface area contributed by atoms with Crippen LogP contribution in [0.3, 0.4) is 0 Å². The number of halogens is 6. The summed E-state index contributed by atoms with van der Waals surface area (Å²) in [6.45, 7) is 0. The average Bonchev–Trinajstić information content (AvgIpc) is 3.36. The topological polar surface area (TPSA) is 59.3 Å². The Morgan fingerprint density at radius 2 is 1.77 bits per heavy atom. The molecule has 12 heteroatoms. The quantitative estimate of drug-likeness (QED) is 0.400. The Labute approximate surface area is 174 Å². The van der Waals surface area contributed by atoms with E-state index in [1.54, 1.807) is 17.5 Å². The number of amides is 1. The number of benzene rings is 1.